The molecule has 0 radical (unpaired) electrons. The number of nitrogens with zero attached hydrogens (tertiary/aromatic N) is 3. The normalized spacial score (nSPS) is 13.1. The lowest BCUT2D eigenvalue weighted by atomic mass is 10.1. The van der Waals surface area contributed by atoms with E-state index >= 15 is 0 Å². The van der Waals surface area contributed by atoms with E-state index in [2.05, 4.69) is 77.8 Å². The first kappa shape index (κ1) is 20.0. The minimum Gasteiger partial charge on any atom is -0.361 e. The third kappa shape index (κ3) is 4.38. The van der Waals surface area contributed by atoms with Gasteiger partial charge in [-0.25, -0.2) is 0 Å². The quantitative estimate of drug-likeness (QED) is 0.454. The monoisotopic (exact) mass is 380 g/mol. The summed E-state index contributed by atoms with van der Waals surface area (Å²) in [4.78, 5) is 7.75. The van der Waals surface area contributed by atoms with Crippen LogP contribution in [0.4, 0.5) is 0 Å². The number of aromatic nitrogens is 3. The van der Waals surface area contributed by atoms with E-state index in [9.17, 15) is 0 Å². The molecule has 0 saturated carbocycles. The molecule has 2 heterocycles. The molecule has 0 saturated heterocycles. The highest BCUT2D eigenvalue weighted by atomic mass is 15.3. The van der Waals surface area contributed by atoms with E-state index in [1.807, 2.05) is 18.8 Å². The molecule has 3 N–H and O–H groups in total. The van der Waals surface area contributed by atoms with Gasteiger partial charge >= 0.3 is 0 Å². The molecular formula is C22H32N6. The largest absolute Gasteiger partial charge is 0.361 e. The Morgan fingerprint density at radius 2 is 2.07 bits per heavy atom. The van der Waals surface area contributed by atoms with Crippen LogP contribution in [-0.4, -0.2) is 40.4 Å². The van der Waals surface area contributed by atoms with Gasteiger partial charge < -0.3 is 15.6 Å². The Hall–Kier alpha value is -2.76. The first-order valence-electron chi connectivity index (χ1n) is 9.92. The van der Waals surface area contributed by atoms with Gasteiger partial charge in [-0.15, -0.1) is 0 Å². The van der Waals surface area contributed by atoms with Crippen molar-refractivity contribution in [2.75, 3.05) is 13.6 Å². The van der Waals surface area contributed by atoms with Crippen molar-refractivity contribution in [2.45, 2.75) is 46.6 Å². The number of hydrogen-bond donors (Lipinski definition) is 3. The van der Waals surface area contributed by atoms with Crippen LogP contribution in [0.5, 0.6) is 0 Å². The fourth-order valence-electron chi connectivity index (χ4n) is 3.72. The van der Waals surface area contributed by atoms with Gasteiger partial charge in [0.2, 0.25) is 0 Å². The molecule has 3 rings (SSSR count). The number of benzene rings is 1. The van der Waals surface area contributed by atoms with Crippen LogP contribution >= 0.6 is 0 Å². The number of fused-ring (bicyclic) bond motifs is 1. The molecular weight excluding hydrogens is 348 g/mol. The van der Waals surface area contributed by atoms with Crippen molar-refractivity contribution in [1.82, 2.24) is 25.4 Å². The lowest BCUT2D eigenvalue weighted by molar-refractivity contribution is 0.635. The van der Waals surface area contributed by atoms with Crippen LogP contribution < -0.4 is 10.6 Å². The molecule has 0 aliphatic heterocycles. The Morgan fingerprint density at radius 3 is 2.75 bits per heavy atom. The fourth-order valence-corrected chi connectivity index (χ4v) is 3.72. The van der Waals surface area contributed by atoms with E-state index in [4.69, 9.17) is 0 Å². The number of hydrogen-bond acceptors (Lipinski definition) is 2. The minimum atomic E-state index is 0.267. The van der Waals surface area contributed by atoms with Crippen molar-refractivity contribution in [3.8, 4) is 0 Å². The molecule has 1 aromatic carbocycles. The summed E-state index contributed by atoms with van der Waals surface area (Å²) >= 11 is 0. The fraction of sp³-hybridized carbons (Fsp3) is 0.455. The number of aromatic amines is 1. The van der Waals surface area contributed by atoms with Crippen LogP contribution in [0.2, 0.25) is 0 Å². The van der Waals surface area contributed by atoms with E-state index in [0.29, 0.717) is 0 Å². The third-order valence-corrected chi connectivity index (χ3v) is 5.39. The zero-order valence-electron chi connectivity index (χ0n) is 17.8. The van der Waals surface area contributed by atoms with Gasteiger partial charge in [0, 0.05) is 49.5 Å². The van der Waals surface area contributed by atoms with Crippen molar-refractivity contribution in [3.63, 3.8) is 0 Å². The highest BCUT2D eigenvalue weighted by molar-refractivity contribution is 5.84. The lowest BCUT2D eigenvalue weighted by Crippen LogP contribution is -2.43. The molecule has 6 heteroatoms. The first-order chi connectivity index (χ1) is 13.4. The van der Waals surface area contributed by atoms with Crippen LogP contribution in [0.3, 0.4) is 0 Å². The van der Waals surface area contributed by atoms with Gasteiger partial charge in [0.15, 0.2) is 5.96 Å². The van der Waals surface area contributed by atoms with Gasteiger partial charge in [-0.2, -0.15) is 5.10 Å². The van der Waals surface area contributed by atoms with Crippen molar-refractivity contribution >= 4 is 16.9 Å². The van der Waals surface area contributed by atoms with Gasteiger partial charge in [0.25, 0.3) is 0 Å². The van der Waals surface area contributed by atoms with Crippen LogP contribution in [-0.2, 0) is 19.9 Å². The maximum atomic E-state index is 4.51. The number of rotatable bonds is 6. The number of guanidine groups is 1. The molecule has 0 spiro atoms. The predicted molar refractivity (Wildman–Crippen MR) is 117 cm³/mol. The summed E-state index contributed by atoms with van der Waals surface area (Å²) in [6, 6.07) is 6.82. The zero-order valence-corrected chi connectivity index (χ0v) is 17.8. The Morgan fingerprint density at radius 1 is 1.29 bits per heavy atom. The Labute approximate surface area is 167 Å². The van der Waals surface area contributed by atoms with Crippen LogP contribution in [0.15, 0.2) is 29.4 Å². The summed E-state index contributed by atoms with van der Waals surface area (Å²) in [6.07, 6.45) is 3.98. The number of H-pyrrole nitrogens is 1. The summed E-state index contributed by atoms with van der Waals surface area (Å²) in [6.45, 7) is 9.33. The van der Waals surface area contributed by atoms with Crippen LogP contribution in [0.1, 0.15) is 35.0 Å². The summed E-state index contributed by atoms with van der Waals surface area (Å²) in [5.74, 6) is 0.836. The number of aliphatic imine (C=N–C) groups is 1. The highest BCUT2D eigenvalue weighted by Gasteiger charge is 2.14. The second kappa shape index (κ2) is 8.50. The van der Waals surface area contributed by atoms with Crippen molar-refractivity contribution in [2.24, 2.45) is 12.0 Å². The highest BCUT2D eigenvalue weighted by Crippen LogP contribution is 2.19. The molecule has 0 aliphatic rings. The molecule has 0 bridgehead atoms. The standard InChI is InChI=1S/C22H32N6/c1-14-7-8-19-18(13-25-21(19)11-14)9-10-24-22(23-5)26-15(2)12-20-16(3)27-28(6)17(20)4/h7-8,11,13,15,25H,9-10,12H2,1-6H3,(H2,23,24,26). The summed E-state index contributed by atoms with van der Waals surface area (Å²) in [7, 11) is 3.81. The van der Waals surface area contributed by atoms with E-state index in [-0.39, 0.29) is 6.04 Å². The SMILES string of the molecule is CN=C(NCCc1c[nH]c2cc(C)ccc12)NC(C)Cc1c(C)nn(C)c1C. The van der Waals surface area contributed by atoms with Crippen LogP contribution in [0, 0.1) is 20.8 Å². The predicted octanol–water partition coefficient (Wildman–Crippen LogP) is 3.17. The molecule has 3 aromatic rings. The van der Waals surface area contributed by atoms with E-state index in [1.54, 1.807) is 0 Å². The van der Waals surface area contributed by atoms with E-state index < -0.39 is 0 Å². The van der Waals surface area contributed by atoms with Gasteiger partial charge in [-0.3, -0.25) is 9.67 Å². The van der Waals surface area contributed by atoms with E-state index in [0.717, 1.165) is 31.0 Å². The Bertz CT molecular complexity index is 978. The minimum absolute atomic E-state index is 0.267. The molecule has 28 heavy (non-hydrogen) atoms. The first-order valence-corrected chi connectivity index (χ1v) is 9.92. The number of nitrogens with one attached hydrogen (secondary N) is 3. The molecule has 0 fully saturated rings. The Kier molecular flexibility index (Phi) is 6.07. The molecule has 1 unspecified atom stereocenters. The van der Waals surface area contributed by atoms with Crippen molar-refractivity contribution in [3.05, 3.63) is 52.5 Å². The topological polar surface area (TPSA) is 70.0 Å². The van der Waals surface area contributed by atoms with Gasteiger partial charge in [-0.1, -0.05) is 12.1 Å². The lowest BCUT2D eigenvalue weighted by Gasteiger charge is -2.18. The van der Waals surface area contributed by atoms with Crippen LogP contribution in [0.25, 0.3) is 10.9 Å². The van der Waals surface area contributed by atoms with E-state index in [1.165, 1.54) is 33.3 Å². The smallest absolute Gasteiger partial charge is 0.191 e. The van der Waals surface area contributed by atoms with Gasteiger partial charge in [0.05, 0.1) is 5.69 Å². The third-order valence-electron chi connectivity index (χ3n) is 5.39. The molecule has 0 amide bonds. The van der Waals surface area contributed by atoms with Crippen molar-refractivity contribution < 1.29 is 0 Å². The van der Waals surface area contributed by atoms with Gasteiger partial charge in [0.1, 0.15) is 0 Å². The zero-order chi connectivity index (χ0) is 20.3. The maximum Gasteiger partial charge on any atom is 0.191 e. The molecule has 1 atom stereocenters. The summed E-state index contributed by atoms with van der Waals surface area (Å²) < 4.78 is 1.95. The molecule has 6 nitrogen and oxygen atoms in total. The molecule has 2 aromatic heterocycles. The summed E-state index contributed by atoms with van der Waals surface area (Å²) in [5, 5.41) is 12.7. The van der Waals surface area contributed by atoms with Crippen molar-refractivity contribution in [1.29, 1.82) is 0 Å². The number of aryl methyl sites for hydroxylation is 3. The summed E-state index contributed by atoms with van der Waals surface area (Å²) in [5.41, 5.74) is 7.44. The van der Waals surface area contributed by atoms with Gasteiger partial charge in [-0.05, 0) is 63.3 Å². The average Bonchev–Trinajstić information content (AvgIpc) is 3.16. The second-order valence-electron chi connectivity index (χ2n) is 7.63. The molecule has 150 valence electrons. The average molecular weight is 381 g/mol. The molecule has 0 aliphatic carbocycles. The maximum absolute atomic E-state index is 4.51. The second-order valence-corrected chi connectivity index (χ2v) is 7.63. The Balaban J connectivity index is 1.54.